The van der Waals surface area contributed by atoms with E-state index in [1.165, 1.54) is 20.8 Å². The minimum atomic E-state index is -1.50. The number of hydrogen-bond donors (Lipinski definition) is 3. The standard InChI is InChI=1S/C30H50O21.3Y/c1-7-21(31)13-43-27(36)48-18(4)10-40-25(34)46-16-24(51-30(39)42-12-20(6)50-29(38)45-15-23(33)9-3)17-47-26(35)41-11-19(5)49-28(37)44-14-22(32)8-2;;;/h18-24,31-33H,7-17H2,1-6H3;;;. The summed E-state index contributed by atoms with van der Waals surface area (Å²) in [4.78, 5) is 71.5. The Balaban J connectivity index is -0.00000417. The Bertz CT molecular complexity index is 1000. The summed E-state index contributed by atoms with van der Waals surface area (Å²) in [7, 11) is 0. The van der Waals surface area contributed by atoms with Gasteiger partial charge in [0.25, 0.3) is 0 Å². The molecule has 6 atom stereocenters. The third-order valence-corrected chi connectivity index (χ3v) is 5.83. The van der Waals surface area contributed by atoms with Gasteiger partial charge in [0.05, 0.1) is 18.3 Å². The first-order valence-corrected chi connectivity index (χ1v) is 16.0. The van der Waals surface area contributed by atoms with E-state index >= 15 is 0 Å². The number of carbonyl (C=O) groups excluding carboxylic acids is 6. The van der Waals surface area contributed by atoms with E-state index in [0.29, 0.717) is 19.3 Å². The molecule has 0 saturated heterocycles. The van der Waals surface area contributed by atoms with Gasteiger partial charge in [-0.1, -0.05) is 20.8 Å². The van der Waals surface area contributed by atoms with Crippen LogP contribution in [0.15, 0.2) is 0 Å². The van der Waals surface area contributed by atoms with Crippen molar-refractivity contribution in [2.75, 3.05) is 52.9 Å². The zero-order chi connectivity index (χ0) is 38.8. The molecule has 0 rings (SSSR count). The Morgan fingerprint density at radius 2 is 0.593 bits per heavy atom. The van der Waals surface area contributed by atoms with Gasteiger partial charge < -0.3 is 72.2 Å². The van der Waals surface area contributed by atoms with Crippen molar-refractivity contribution in [1.82, 2.24) is 0 Å². The van der Waals surface area contributed by atoms with Crippen molar-refractivity contribution >= 4 is 36.9 Å². The average molecular weight is 1010 g/mol. The van der Waals surface area contributed by atoms with Crippen LogP contribution >= 0.6 is 0 Å². The van der Waals surface area contributed by atoms with Crippen LogP contribution in [0.5, 0.6) is 0 Å². The number of aliphatic hydroxyl groups is 3. The number of ether oxygens (including phenoxy) is 12. The minimum absolute atomic E-state index is 0. The molecule has 0 aliphatic rings. The van der Waals surface area contributed by atoms with Crippen molar-refractivity contribution < 1.29 is 199 Å². The Labute approximate surface area is 388 Å². The second-order valence-electron chi connectivity index (χ2n) is 10.7. The van der Waals surface area contributed by atoms with E-state index in [0.717, 1.165) is 0 Å². The van der Waals surface area contributed by atoms with Gasteiger partial charge in [0.1, 0.15) is 71.2 Å². The van der Waals surface area contributed by atoms with Crippen LogP contribution < -0.4 is 0 Å². The first kappa shape index (κ1) is 59.5. The molecular weight excluding hydrogens is 963 g/mol. The zero-order valence-electron chi connectivity index (χ0n) is 31.2. The van der Waals surface area contributed by atoms with Crippen LogP contribution in [0.2, 0.25) is 0 Å². The fourth-order valence-corrected chi connectivity index (χ4v) is 2.79. The van der Waals surface area contributed by atoms with Crippen LogP contribution in [0.25, 0.3) is 0 Å². The molecule has 3 radical (unpaired) electrons. The van der Waals surface area contributed by atoms with Gasteiger partial charge in [0.15, 0.2) is 6.10 Å². The predicted octanol–water partition coefficient (Wildman–Crippen LogP) is 2.74. The second-order valence-corrected chi connectivity index (χ2v) is 10.7. The van der Waals surface area contributed by atoms with Gasteiger partial charge in [-0.15, -0.1) is 0 Å². The largest absolute Gasteiger partial charge is 0.508 e. The molecule has 0 bridgehead atoms. The molecule has 0 amide bonds. The van der Waals surface area contributed by atoms with Crippen molar-refractivity contribution in [2.24, 2.45) is 0 Å². The topological polar surface area (TPSA) is 274 Å². The summed E-state index contributed by atoms with van der Waals surface area (Å²) in [6, 6.07) is 0. The van der Waals surface area contributed by atoms with Gasteiger partial charge in [-0.25, -0.2) is 28.8 Å². The third kappa shape index (κ3) is 34.1. The molecule has 0 aliphatic heterocycles. The number of aliphatic hydroxyl groups excluding tert-OH is 3. The van der Waals surface area contributed by atoms with E-state index in [-0.39, 0.29) is 118 Å². The van der Waals surface area contributed by atoms with E-state index in [2.05, 4.69) is 0 Å². The molecule has 6 unspecified atom stereocenters. The normalized spacial score (nSPS) is 13.9. The molecule has 0 saturated carbocycles. The monoisotopic (exact) mass is 1010 g/mol. The first-order chi connectivity index (χ1) is 24.1. The van der Waals surface area contributed by atoms with Crippen LogP contribution in [0.1, 0.15) is 60.8 Å². The molecule has 3 N–H and O–H groups in total. The van der Waals surface area contributed by atoms with Gasteiger partial charge in [-0.05, 0) is 40.0 Å². The summed E-state index contributed by atoms with van der Waals surface area (Å²) in [5.74, 6) is 0. The van der Waals surface area contributed by atoms with Crippen LogP contribution in [-0.4, -0.2) is 148 Å². The fraction of sp³-hybridized carbons (Fsp3) is 0.800. The molecule has 0 aromatic carbocycles. The Kier molecular flexibility index (Phi) is 39.9. The molecule has 21 nitrogen and oxygen atoms in total. The van der Waals surface area contributed by atoms with E-state index in [9.17, 15) is 44.1 Å². The smallest absolute Gasteiger partial charge is 0.432 e. The fourth-order valence-electron chi connectivity index (χ4n) is 2.79. The van der Waals surface area contributed by atoms with Crippen molar-refractivity contribution in [3.05, 3.63) is 0 Å². The summed E-state index contributed by atoms with van der Waals surface area (Å²) in [6.07, 6.45) is -13.4. The van der Waals surface area contributed by atoms with Crippen molar-refractivity contribution in [3.63, 3.8) is 0 Å². The van der Waals surface area contributed by atoms with E-state index in [1.807, 2.05) is 0 Å². The van der Waals surface area contributed by atoms with E-state index < -0.39 is 113 Å². The first-order valence-electron chi connectivity index (χ1n) is 16.0. The molecule has 24 heteroatoms. The molecule has 0 spiro atoms. The zero-order valence-corrected chi connectivity index (χ0v) is 39.8. The molecule has 0 heterocycles. The Morgan fingerprint density at radius 3 is 0.870 bits per heavy atom. The number of rotatable bonds is 23. The number of carbonyl (C=O) groups is 6. The van der Waals surface area contributed by atoms with Crippen LogP contribution in [-0.2, 0) is 155 Å². The maximum Gasteiger partial charge on any atom is 0.508 e. The second kappa shape index (κ2) is 36.2. The summed E-state index contributed by atoms with van der Waals surface area (Å²) in [5, 5.41) is 28.3. The summed E-state index contributed by atoms with van der Waals surface area (Å²) in [5.41, 5.74) is 0. The van der Waals surface area contributed by atoms with Gasteiger partial charge in [0, 0.05) is 98.1 Å². The van der Waals surface area contributed by atoms with Crippen LogP contribution in [0.4, 0.5) is 28.8 Å². The SMILES string of the molecule is CCC(O)COC(=O)OC(C)COC(=O)OCC(COC(=O)OCC(C)OC(=O)OCC(O)CC)OC(=O)OCC(C)OC(=O)OCC(O)CC.[Y].[Y].[Y]. The molecule has 305 valence electrons. The van der Waals surface area contributed by atoms with Gasteiger partial charge in [0.2, 0.25) is 0 Å². The molecule has 0 aromatic heterocycles. The minimum Gasteiger partial charge on any atom is -0.432 e. The Hall–Kier alpha value is -1.19. The maximum atomic E-state index is 12.3. The van der Waals surface area contributed by atoms with Gasteiger partial charge in [-0.2, -0.15) is 0 Å². The van der Waals surface area contributed by atoms with Gasteiger partial charge >= 0.3 is 36.9 Å². The third-order valence-electron chi connectivity index (χ3n) is 5.83. The predicted molar refractivity (Wildman–Crippen MR) is 165 cm³/mol. The molecule has 0 aromatic rings. The average Bonchev–Trinajstić information content (AvgIpc) is 3.09. The van der Waals surface area contributed by atoms with Crippen molar-refractivity contribution in [3.8, 4) is 0 Å². The van der Waals surface area contributed by atoms with Crippen LogP contribution in [0, 0.1) is 0 Å². The summed E-state index contributed by atoms with van der Waals surface area (Å²) < 4.78 is 58.1. The maximum absolute atomic E-state index is 12.3. The summed E-state index contributed by atoms with van der Waals surface area (Å²) >= 11 is 0. The molecule has 0 fully saturated rings. The molecular formula is C30H50O21Y3. The quantitative estimate of drug-likeness (QED) is 0.0980. The van der Waals surface area contributed by atoms with Crippen molar-refractivity contribution in [1.29, 1.82) is 0 Å². The van der Waals surface area contributed by atoms with Crippen molar-refractivity contribution in [2.45, 2.75) is 104 Å². The summed E-state index contributed by atoms with van der Waals surface area (Å²) in [6.45, 7) is 5.28. The number of hydrogen-bond acceptors (Lipinski definition) is 21. The molecule has 54 heavy (non-hydrogen) atoms. The molecule has 0 aliphatic carbocycles. The van der Waals surface area contributed by atoms with E-state index in [4.69, 9.17) is 56.8 Å². The van der Waals surface area contributed by atoms with Crippen LogP contribution in [0.3, 0.4) is 0 Å². The van der Waals surface area contributed by atoms with E-state index in [1.54, 1.807) is 20.8 Å². The van der Waals surface area contributed by atoms with Gasteiger partial charge in [-0.3, -0.25) is 0 Å². The Morgan fingerprint density at radius 1 is 0.370 bits per heavy atom.